The van der Waals surface area contributed by atoms with E-state index in [9.17, 15) is 9.59 Å². The van der Waals surface area contributed by atoms with Crippen LogP contribution in [0.15, 0.2) is 35.8 Å². The molecule has 1 aromatic heterocycles. The van der Waals surface area contributed by atoms with Crippen LogP contribution in [0.1, 0.15) is 36.3 Å². The molecule has 0 unspecified atom stereocenters. The van der Waals surface area contributed by atoms with Crippen molar-refractivity contribution in [2.45, 2.75) is 44.8 Å². The van der Waals surface area contributed by atoms with Crippen molar-refractivity contribution in [2.75, 3.05) is 20.7 Å². The number of benzene rings is 1. The molecule has 0 spiro atoms. The van der Waals surface area contributed by atoms with Crippen LogP contribution >= 0.6 is 11.3 Å². The number of hydrogen-bond donors (Lipinski definition) is 2. The number of rotatable bonds is 7. The van der Waals surface area contributed by atoms with Crippen LogP contribution in [0.5, 0.6) is 5.75 Å². The highest BCUT2D eigenvalue weighted by atomic mass is 32.1. The summed E-state index contributed by atoms with van der Waals surface area (Å²) in [4.78, 5) is 31.5. The Hall–Kier alpha value is -2.45. The smallest absolute Gasteiger partial charge is 0.223 e. The zero-order chi connectivity index (χ0) is 21.3. The minimum atomic E-state index is -0.295. The molecule has 2 N–H and O–H groups in total. The molecule has 1 aliphatic rings. The first kappa shape index (κ1) is 22.2. The van der Waals surface area contributed by atoms with Crippen molar-refractivity contribution in [3.8, 4) is 5.75 Å². The van der Waals surface area contributed by atoms with Gasteiger partial charge < -0.3 is 20.3 Å². The Labute approximate surface area is 181 Å². The summed E-state index contributed by atoms with van der Waals surface area (Å²) in [7, 11) is 3.44. The molecule has 8 heteroatoms. The van der Waals surface area contributed by atoms with E-state index in [-0.39, 0.29) is 30.2 Å². The van der Waals surface area contributed by atoms with Gasteiger partial charge in [-0.25, -0.2) is 4.98 Å². The van der Waals surface area contributed by atoms with Crippen molar-refractivity contribution in [1.29, 1.82) is 0 Å². The molecular weight excluding hydrogens is 400 g/mol. The third-order valence-corrected chi connectivity index (χ3v) is 6.25. The van der Waals surface area contributed by atoms with Crippen molar-refractivity contribution in [1.82, 2.24) is 20.5 Å². The van der Waals surface area contributed by atoms with Crippen molar-refractivity contribution in [3.63, 3.8) is 0 Å². The lowest BCUT2D eigenvalue weighted by Crippen LogP contribution is -2.41. The monoisotopic (exact) mass is 430 g/mol. The highest BCUT2D eigenvalue weighted by molar-refractivity contribution is 7.09. The highest BCUT2D eigenvalue weighted by Gasteiger charge is 2.27. The van der Waals surface area contributed by atoms with Crippen LogP contribution < -0.4 is 15.4 Å². The number of likely N-dealkylation sites (N-methyl/N-ethyl adjacent to an activating group) is 1. The normalized spacial score (nSPS) is 20.2. The summed E-state index contributed by atoms with van der Waals surface area (Å²) < 4.78 is 5.16. The Morgan fingerprint density at radius 2 is 2.07 bits per heavy atom. The Balaban J connectivity index is 1.52. The van der Waals surface area contributed by atoms with Gasteiger partial charge in [-0.2, -0.15) is 0 Å². The summed E-state index contributed by atoms with van der Waals surface area (Å²) in [5.41, 5.74) is 1.00. The summed E-state index contributed by atoms with van der Waals surface area (Å²) in [5, 5.41) is 9.51. The second-order valence-electron chi connectivity index (χ2n) is 7.68. The van der Waals surface area contributed by atoms with E-state index in [0.29, 0.717) is 26.1 Å². The molecule has 0 aliphatic carbocycles. The maximum absolute atomic E-state index is 12.8. The lowest BCUT2D eigenvalue weighted by molar-refractivity contribution is -0.135. The van der Waals surface area contributed by atoms with E-state index in [1.807, 2.05) is 36.7 Å². The molecule has 2 amide bonds. The topological polar surface area (TPSA) is 83.6 Å². The molecule has 1 saturated heterocycles. The lowest BCUT2D eigenvalue weighted by atomic mass is 9.96. The molecule has 2 atom stereocenters. The molecule has 0 radical (unpaired) electrons. The van der Waals surface area contributed by atoms with Gasteiger partial charge in [0.05, 0.1) is 7.11 Å². The van der Waals surface area contributed by atoms with E-state index >= 15 is 0 Å². The molecule has 162 valence electrons. The van der Waals surface area contributed by atoms with E-state index in [0.717, 1.165) is 29.2 Å². The number of amides is 2. The number of carbonyl (C=O) groups is 2. The first-order chi connectivity index (χ1) is 14.5. The molecule has 1 fully saturated rings. The van der Waals surface area contributed by atoms with Crippen LogP contribution in [0.3, 0.4) is 0 Å². The van der Waals surface area contributed by atoms with Gasteiger partial charge in [0, 0.05) is 56.6 Å². The minimum absolute atomic E-state index is 0.0162. The predicted octanol–water partition coefficient (Wildman–Crippen LogP) is 2.57. The van der Waals surface area contributed by atoms with Crippen molar-refractivity contribution in [2.24, 2.45) is 5.92 Å². The largest absolute Gasteiger partial charge is 0.497 e. The fraction of sp³-hybridized carbons (Fsp3) is 0.500. The van der Waals surface area contributed by atoms with Crippen LogP contribution in [0.2, 0.25) is 0 Å². The number of thiazole rings is 1. The summed E-state index contributed by atoms with van der Waals surface area (Å²) in [5.74, 6) is 0.452. The van der Waals surface area contributed by atoms with Crippen LogP contribution in [0.25, 0.3) is 0 Å². The molecule has 0 bridgehead atoms. The second kappa shape index (κ2) is 11.1. The zero-order valence-corrected chi connectivity index (χ0v) is 18.4. The maximum Gasteiger partial charge on any atom is 0.223 e. The van der Waals surface area contributed by atoms with Gasteiger partial charge >= 0.3 is 0 Å². The van der Waals surface area contributed by atoms with Gasteiger partial charge in [-0.3, -0.25) is 9.59 Å². The van der Waals surface area contributed by atoms with E-state index in [1.165, 1.54) is 0 Å². The maximum atomic E-state index is 12.8. The zero-order valence-electron chi connectivity index (χ0n) is 17.6. The molecule has 1 aliphatic heterocycles. The molecular formula is C22H30N4O3S. The van der Waals surface area contributed by atoms with Crippen molar-refractivity contribution >= 4 is 23.2 Å². The van der Waals surface area contributed by atoms with Gasteiger partial charge in [0.25, 0.3) is 0 Å². The van der Waals surface area contributed by atoms with Crippen LogP contribution in [0.4, 0.5) is 0 Å². The van der Waals surface area contributed by atoms with Crippen LogP contribution in [-0.2, 0) is 22.7 Å². The minimum Gasteiger partial charge on any atom is -0.497 e. The Morgan fingerprint density at radius 3 is 2.77 bits per heavy atom. The predicted molar refractivity (Wildman–Crippen MR) is 117 cm³/mol. The first-order valence-corrected chi connectivity index (χ1v) is 11.2. The summed E-state index contributed by atoms with van der Waals surface area (Å²) >= 11 is 1.62. The fourth-order valence-electron chi connectivity index (χ4n) is 3.64. The quantitative estimate of drug-likeness (QED) is 0.705. The number of nitrogens with one attached hydrogen (secondary N) is 2. The molecule has 2 aromatic rings. The summed E-state index contributed by atoms with van der Waals surface area (Å²) in [6.07, 6.45) is 4.59. The lowest BCUT2D eigenvalue weighted by Gasteiger charge is -2.24. The Kier molecular flexibility index (Phi) is 8.21. The Morgan fingerprint density at radius 1 is 1.27 bits per heavy atom. The number of aromatic nitrogens is 1. The highest BCUT2D eigenvalue weighted by Crippen LogP contribution is 2.20. The van der Waals surface area contributed by atoms with E-state index in [1.54, 1.807) is 29.5 Å². The fourth-order valence-corrected chi connectivity index (χ4v) is 4.21. The van der Waals surface area contributed by atoms with Crippen LogP contribution in [-0.4, -0.2) is 48.4 Å². The summed E-state index contributed by atoms with van der Waals surface area (Å²) in [6.45, 7) is 1.79. The molecule has 7 nitrogen and oxygen atoms in total. The van der Waals surface area contributed by atoms with E-state index < -0.39 is 0 Å². The molecule has 1 aromatic carbocycles. The molecule has 0 saturated carbocycles. The average molecular weight is 431 g/mol. The van der Waals surface area contributed by atoms with Crippen molar-refractivity contribution in [3.05, 3.63) is 46.4 Å². The third kappa shape index (κ3) is 6.53. The van der Waals surface area contributed by atoms with Gasteiger partial charge in [-0.1, -0.05) is 18.6 Å². The van der Waals surface area contributed by atoms with Gasteiger partial charge in [0.15, 0.2) is 0 Å². The van der Waals surface area contributed by atoms with Gasteiger partial charge in [-0.05, 0) is 30.5 Å². The molecule has 30 heavy (non-hydrogen) atoms. The van der Waals surface area contributed by atoms with Gasteiger partial charge in [0.1, 0.15) is 10.8 Å². The standard InChI is InChI=1S/C22H30N4O3S/c1-26-15-18(24-14-20-23-10-11-30-20)5-3-4-17(12-21(26)27)22(28)25-13-16-6-8-19(29-2)9-7-16/h6-11,17-18,24H,3-5,12-15H2,1-2H3,(H,25,28)/t17-,18-/m1/s1. The number of methoxy groups -OCH3 is 1. The number of nitrogens with zero attached hydrogens (tertiary/aromatic N) is 2. The van der Waals surface area contributed by atoms with E-state index in [2.05, 4.69) is 15.6 Å². The average Bonchev–Trinajstić information content (AvgIpc) is 3.29. The molecule has 2 heterocycles. The Bertz CT molecular complexity index is 810. The number of ether oxygens (including phenoxy) is 1. The first-order valence-electron chi connectivity index (χ1n) is 10.3. The third-order valence-electron chi connectivity index (χ3n) is 5.47. The van der Waals surface area contributed by atoms with Gasteiger partial charge in [-0.15, -0.1) is 11.3 Å². The van der Waals surface area contributed by atoms with Crippen molar-refractivity contribution < 1.29 is 14.3 Å². The van der Waals surface area contributed by atoms with Crippen LogP contribution in [0, 0.1) is 5.92 Å². The molecule has 3 rings (SSSR count). The van der Waals surface area contributed by atoms with E-state index in [4.69, 9.17) is 4.74 Å². The van der Waals surface area contributed by atoms with Gasteiger partial charge in [0.2, 0.25) is 11.8 Å². The number of carbonyl (C=O) groups excluding carboxylic acids is 2. The second-order valence-corrected chi connectivity index (χ2v) is 8.65. The SMILES string of the molecule is COc1ccc(CNC(=O)[C@@H]2CCC[C@@H](NCc3nccs3)CN(C)C(=O)C2)cc1. The number of hydrogen-bond acceptors (Lipinski definition) is 6. The summed E-state index contributed by atoms with van der Waals surface area (Å²) in [6, 6.07) is 7.81.